The zero-order chi connectivity index (χ0) is 15.2. The molecule has 2 aromatic rings. The lowest BCUT2D eigenvalue weighted by atomic mass is 10.2. The first-order valence-electron chi connectivity index (χ1n) is 7.29. The van der Waals surface area contributed by atoms with E-state index < -0.39 is 0 Å². The van der Waals surface area contributed by atoms with Gasteiger partial charge in [-0.25, -0.2) is 0 Å². The van der Waals surface area contributed by atoms with E-state index in [9.17, 15) is 0 Å². The second kappa shape index (κ2) is 7.50. The van der Waals surface area contributed by atoms with Crippen LogP contribution in [-0.2, 0) is 6.54 Å². The van der Waals surface area contributed by atoms with Crippen molar-refractivity contribution in [3.8, 4) is 5.75 Å². The molecular formula is C16H22BrN3O. The van der Waals surface area contributed by atoms with Crippen LogP contribution in [0.5, 0.6) is 5.75 Å². The van der Waals surface area contributed by atoms with Gasteiger partial charge in [0.05, 0.1) is 31.1 Å². The summed E-state index contributed by atoms with van der Waals surface area (Å²) in [5.74, 6) is 0.831. The van der Waals surface area contributed by atoms with Crippen molar-refractivity contribution in [1.82, 2.24) is 9.78 Å². The van der Waals surface area contributed by atoms with Crippen molar-refractivity contribution in [1.29, 1.82) is 0 Å². The number of aromatic nitrogens is 2. The van der Waals surface area contributed by atoms with Crippen molar-refractivity contribution >= 4 is 21.6 Å². The first kappa shape index (κ1) is 15.9. The Balaban J connectivity index is 2.05. The molecule has 21 heavy (non-hydrogen) atoms. The van der Waals surface area contributed by atoms with Crippen molar-refractivity contribution < 1.29 is 4.74 Å². The number of hydrogen-bond donors (Lipinski definition) is 1. The fraction of sp³-hybridized carbons (Fsp3) is 0.438. The molecule has 4 nitrogen and oxygen atoms in total. The zero-order valence-corrected chi connectivity index (χ0v) is 14.4. The summed E-state index contributed by atoms with van der Waals surface area (Å²) in [4.78, 5) is 0. The van der Waals surface area contributed by atoms with Crippen LogP contribution in [0.4, 0.5) is 5.69 Å². The molecule has 0 atom stereocenters. The summed E-state index contributed by atoms with van der Waals surface area (Å²) < 4.78 is 8.44. The second-order valence-electron chi connectivity index (χ2n) is 4.96. The van der Waals surface area contributed by atoms with Gasteiger partial charge in [0.2, 0.25) is 0 Å². The number of halogens is 1. The highest BCUT2D eigenvalue weighted by molar-refractivity contribution is 9.10. The maximum atomic E-state index is 5.36. The van der Waals surface area contributed by atoms with E-state index >= 15 is 0 Å². The van der Waals surface area contributed by atoms with Gasteiger partial charge in [0.25, 0.3) is 0 Å². The molecule has 1 aromatic carbocycles. The van der Waals surface area contributed by atoms with Gasteiger partial charge in [0.1, 0.15) is 5.75 Å². The summed E-state index contributed by atoms with van der Waals surface area (Å²) in [5.41, 5.74) is 1.99. The Labute approximate surface area is 134 Å². The first-order valence-corrected chi connectivity index (χ1v) is 8.08. The molecule has 0 aliphatic carbocycles. The molecule has 1 N–H and O–H groups in total. The molecule has 0 saturated carbocycles. The lowest BCUT2D eigenvalue weighted by Crippen LogP contribution is -2.09. The third kappa shape index (κ3) is 4.00. The summed E-state index contributed by atoms with van der Waals surface area (Å²) in [6, 6.07) is 8.47. The van der Waals surface area contributed by atoms with Crippen LogP contribution in [0.1, 0.15) is 38.4 Å². The Morgan fingerprint density at radius 3 is 2.71 bits per heavy atom. The van der Waals surface area contributed by atoms with Gasteiger partial charge in [-0.1, -0.05) is 29.8 Å². The van der Waals surface area contributed by atoms with Crippen LogP contribution < -0.4 is 10.1 Å². The molecule has 0 saturated heterocycles. The highest BCUT2D eigenvalue weighted by atomic mass is 79.9. The Morgan fingerprint density at radius 2 is 2.05 bits per heavy atom. The number of ether oxygens (including phenoxy) is 1. The molecule has 0 fully saturated rings. The van der Waals surface area contributed by atoms with E-state index in [0.717, 1.165) is 34.4 Å². The average molecular weight is 352 g/mol. The summed E-state index contributed by atoms with van der Waals surface area (Å²) in [5, 5.41) is 8.03. The van der Waals surface area contributed by atoms with E-state index in [1.54, 1.807) is 7.11 Å². The SMILES string of the molecule is CCC(CC)n1ccc(CNc2cc(Br)ccc2OC)n1. The Morgan fingerprint density at radius 1 is 1.29 bits per heavy atom. The minimum absolute atomic E-state index is 0.485. The number of rotatable bonds is 7. The largest absolute Gasteiger partial charge is 0.495 e. The minimum atomic E-state index is 0.485. The van der Waals surface area contributed by atoms with Crippen molar-refractivity contribution in [3.63, 3.8) is 0 Å². The molecule has 2 rings (SSSR count). The summed E-state index contributed by atoms with van der Waals surface area (Å²) in [7, 11) is 1.68. The lowest BCUT2D eigenvalue weighted by molar-refractivity contribution is 0.416. The summed E-state index contributed by atoms with van der Waals surface area (Å²) in [6.45, 7) is 5.07. The third-order valence-electron chi connectivity index (χ3n) is 3.60. The molecule has 5 heteroatoms. The second-order valence-corrected chi connectivity index (χ2v) is 5.87. The monoisotopic (exact) mass is 351 g/mol. The number of nitrogens with zero attached hydrogens (tertiary/aromatic N) is 2. The van der Waals surface area contributed by atoms with E-state index in [2.05, 4.69) is 57.1 Å². The predicted octanol–water partition coefficient (Wildman–Crippen LogP) is 4.63. The van der Waals surface area contributed by atoms with E-state index in [0.29, 0.717) is 12.6 Å². The number of hydrogen-bond acceptors (Lipinski definition) is 3. The van der Waals surface area contributed by atoms with Gasteiger partial charge >= 0.3 is 0 Å². The maximum absolute atomic E-state index is 5.36. The maximum Gasteiger partial charge on any atom is 0.142 e. The smallest absolute Gasteiger partial charge is 0.142 e. The van der Waals surface area contributed by atoms with Crippen LogP contribution in [0.3, 0.4) is 0 Å². The molecule has 1 aromatic heterocycles. The standard InChI is InChI=1S/C16H22BrN3O/c1-4-14(5-2)20-9-8-13(19-20)11-18-15-10-12(17)6-7-16(15)21-3/h6-10,14,18H,4-5,11H2,1-3H3. The highest BCUT2D eigenvalue weighted by Gasteiger charge is 2.09. The van der Waals surface area contributed by atoms with Gasteiger partial charge in [-0.15, -0.1) is 0 Å². The van der Waals surface area contributed by atoms with Gasteiger partial charge in [0.15, 0.2) is 0 Å². The van der Waals surface area contributed by atoms with E-state index in [1.165, 1.54) is 0 Å². The molecule has 0 radical (unpaired) electrons. The Bertz CT molecular complexity index is 579. The molecule has 0 bridgehead atoms. The van der Waals surface area contributed by atoms with Gasteiger partial charge in [-0.2, -0.15) is 5.10 Å². The topological polar surface area (TPSA) is 39.1 Å². The van der Waals surface area contributed by atoms with E-state index in [4.69, 9.17) is 4.74 Å². The number of methoxy groups -OCH3 is 1. The summed E-state index contributed by atoms with van der Waals surface area (Å²) >= 11 is 3.48. The Kier molecular flexibility index (Phi) is 5.67. The van der Waals surface area contributed by atoms with Crippen LogP contribution in [0.15, 0.2) is 34.9 Å². The highest BCUT2D eigenvalue weighted by Crippen LogP contribution is 2.28. The minimum Gasteiger partial charge on any atom is -0.495 e. The third-order valence-corrected chi connectivity index (χ3v) is 4.09. The molecule has 1 heterocycles. The molecule has 0 amide bonds. The van der Waals surface area contributed by atoms with Crippen LogP contribution >= 0.6 is 15.9 Å². The molecule has 0 spiro atoms. The molecule has 0 unspecified atom stereocenters. The van der Waals surface area contributed by atoms with Crippen molar-refractivity contribution in [3.05, 3.63) is 40.6 Å². The van der Waals surface area contributed by atoms with E-state index in [1.807, 2.05) is 18.2 Å². The van der Waals surface area contributed by atoms with Gasteiger partial charge in [0, 0.05) is 10.7 Å². The van der Waals surface area contributed by atoms with Crippen LogP contribution in [0, 0.1) is 0 Å². The predicted molar refractivity (Wildman–Crippen MR) is 89.9 cm³/mol. The summed E-state index contributed by atoms with van der Waals surface area (Å²) in [6.07, 6.45) is 4.27. The fourth-order valence-electron chi connectivity index (χ4n) is 2.34. The van der Waals surface area contributed by atoms with Gasteiger partial charge in [-0.05, 0) is 37.1 Å². The first-order chi connectivity index (χ1) is 10.2. The fourth-order valence-corrected chi connectivity index (χ4v) is 2.70. The van der Waals surface area contributed by atoms with E-state index in [-0.39, 0.29) is 0 Å². The van der Waals surface area contributed by atoms with Gasteiger partial charge in [-0.3, -0.25) is 4.68 Å². The number of nitrogens with one attached hydrogen (secondary N) is 1. The van der Waals surface area contributed by atoms with Crippen LogP contribution in [-0.4, -0.2) is 16.9 Å². The molecule has 0 aliphatic rings. The zero-order valence-electron chi connectivity index (χ0n) is 12.8. The van der Waals surface area contributed by atoms with Gasteiger partial charge < -0.3 is 10.1 Å². The van der Waals surface area contributed by atoms with Crippen molar-refractivity contribution in [2.75, 3.05) is 12.4 Å². The van der Waals surface area contributed by atoms with Crippen LogP contribution in [0.2, 0.25) is 0 Å². The molecular weight excluding hydrogens is 330 g/mol. The number of anilines is 1. The lowest BCUT2D eigenvalue weighted by Gasteiger charge is -2.13. The Hall–Kier alpha value is -1.49. The normalized spacial score (nSPS) is 10.9. The quantitative estimate of drug-likeness (QED) is 0.790. The average Bonchev–Trinajstić information content (AvgIpc) is 2.95. The number of benzene rings is 1. The van der Waals surface area contributed by atoms with Crippen LogP contribution in [0.25, 0.3) is 0 Å². The molecule has 0 aliphatic heterocycles. The molecule has 114 valence electrons. The van der Waals surface area contributed by atoms with Crippen molar-refractivity contribution in [2.45, 2.75) is 39.3 Å². The van der Waals surface area contributed by atoms with Crippen molar-refractivity contribution in [2.24, 2.45) is 0 Å².